The van der Waals surface area contributed by atoms with Crippen LogP contribution in [-0.4, -0.2) is 81.8 Å². The number of carbonyl (C=O) groups excluding carboxylic acids is 1. The summed E-state index contributed by atoms with van der Waals surface area (Å²) in [6, 6.07) is 3.82. The Balaban J connectivity index is 1.64. The highest BCUT2D eigenvalue weighted by Crippen LogP contribution is 2.05. The Morgan fingerprint density at radius 2 is 2.15 bits per heavy atom. The lowest BCUT2D eigenvalue weighted by Crippen LogP contribution is -2.47. The highest BCUT2D eigenvalue weighted by Gasteiger charge is 2.17. The lowest BCUT2D eigenvalue weighted by molar-refractivity contribution is 0.0383. The number of hydrogen-bond donors (Lipinski definition) is 2. The third-order valence-corrected chi connectivity index (χ3v) is 5.43. The summed E-state index contributed by atoms with van der Waals surface area (Å²) < 4.78 is 5.36. The van der Waals surface area contributed by atoms with Crippen molar-refractivity contribution in [3.63, 3.8) is 0 Å². The number of hydrogen-bond acceptors (Lipinski definition) is 5. The number of benzene rings is 1. The van der Waals surface area contributed by atoms with Crippen LogP contribution in [0.25, 0.3) is 12.8 Å². The maximum Gasteiger partial charge on any atom is 0.251 e. The number of rotatable bonds is 7. The first-order valence-corrected chi connectivity index (χ1v) is 9.84. The molecule has 2 aliphatic rings. The Morgan fingerprint density at radius 3 is 2.81 bits per heavy atom. The Hall–Kier alpha value is -1.89. The molecule has 0 saturated carbocycles. The lowest BCUT2D eigenvalue weighted by atomic mass is 10.0. The standard InChI is InChI=1S/C21H32N4O2/c1-16-4-5-19(21(26)23-6-7-25-8-10-27-11-9-25)17(2)20(16)15-24(3)14-18-12-22-13-18/h4-5,15,18,22H,1,6-14H2,2-3H3,(H,23,26)/b20-15+. The summed E-state index contributed by atoms with van der Waals surface area (Å²) in [5.41, 5.74) is 1.72. The summed E-state index contributed by atoms with van der Waals surface area (Å²) in [4.78, 5) is 17.2. The molecule has 2 heterocycles. The largest absolute Gasteiger partial charge is 0.380 e. The van der Waals surface area contributed by atoms with Crippen LogP contribution in [-0.2, 0) is 4.74 Å². The van der Waals surface area contributed by atoms with Crippen molar-refractivity contribution in [2.75, 3.05) is 66.1 Å². The van der Waals surface area contributed by atoms with Crippen LogP contribution in [0, 0.1) is 12.8 Å². The van der Waals surface area contributed by atoms with Gasteiger partial charge in [0.25, 0.3) is 5.91 Å². The molecule has 2 aliphatic heterocycles. The van der Waals surface area contributed by atoms with E-state index in [2.05, 4.69) is 40.3 Å². The van der Waals surface area contributed by atoms with Gasteiger partial charge in [-0.3, -0.25) is 9.69 Å². The van der Waals surface area contributed by atoms with Crippen LogP contribution in [0.3, 0.4) is 0 Å². The van der Waals surface area contributed by atoms with E-state index < -0.39 is 0 Å². The van der Waals surface area contributed by atoms with Gasteiger partial charge < -0.3 is 20.3 Å². The van der Waals surface area contributed by atoms with Gasteiger partial charge in [0.2, 0.25) is 0 Å². The second kappa shape index (κ2) is 9.35. The SMILES string of the molecule is C=c1ccc(C(=O)NCCN2CCOCC2)c(C)/c1=C/N(C)CC1CNC1. The van der Waals surface area contributed by atoms with Gasteiger partial charge in [-0.15, -0.1) is 0 Å². The van der Waals surface area contributed by atoms with E-state index in [1.807, 2.05) is 19.1 Å². The van der Waals surface area contributed by atoms with Gasteiger partial charge in [0.1, 0.15) is 0 Å². The predicted molar refractivity (Wildman–Crippen MR) is 109 cm³/mol. The van der Waals surface area contributed by atoms with Crippen LogP contribution in [0.5, 0.6) is 0 Å². The molecule has 0 radical (unpaired) electrons. The highest BCUT2D eigenvalue weighted by atomic mass is 16.5. The number of ether oxygens (including phenoxy) is 1. The van der Waals surface area contributed by atoms with Gasteiger partial charge in [-0.25, -0.2) is 0 Å². The monoisotopic (exact) mass is 372 g/mol. The molecule has 6 nitrogen and oxygen atoms in total. The fourth-order valence-electron chi connectivity index (χ4n) is 3.62. The first kappa shape index (κ1) is 19.9. The second-order valence-electron chi connectivity index (χ2n) is 7.61. The van der Waals surface area contributed by atoms with E-state index in [9.17, 15) is 4.79 Å². The molecule has 2 N–H and O–H groups in total. The maximum absolute atomic E-state index is 12.7. The van der Waals surface area contributed by atoms with Gasteiger partial charge in [0, 0.05) is 75.8 Å². The van der Waals surface area contributed by atoms with Gasteiger partial charge in [0.05, 0.1) is 13.2 Å². The number of carbonyl (C=O) groups is 1. The van der Waals surface area contributed by atoms with Crippen molar-refractivity contribution in [3.8, 4) is 0 Å². The number of nitrogens with one attached hydrogen (secondary N) is 2. The molecule has 0 aliphatic carbocycles. The van der Waals surface area contributed by atoms with Crippen LogP contribution in [0.4, 0.5) is 0 Å². The molecule has 1 aromatic rings. The van der Waals surface area contributed by atoms with E-state index in [-0.39, 0.29) is 5.91 Å². The van der Waals surface area contributed by atoms with E-state index in [1.54, 1.807) is 0 Å². The molecule has 27 heavy (non-hydrogen) atoms. The molecule has 1 amide bonds. The van der Waals surface area contributed by atoms with E-state index in [1.165, 1.54) is 0 Å². The summed E-state index contributed by atoms with van der Waals surface area (Å²) in [5.74, 6) is 0.688. The molecule has 148 valence electrons. The van der Waals surface area contributed by atoms with E-state index in [4.69, 9.17) is 4.74 Å². The molecule has 0 bridgehead atoms. The predicted octanol–water partition coefficient (Wildman–Crippen LogP) is -0.643. The molecule has 3 rings (SSSR count). The Kier molecular flexibility index (Phi) is 6.88. The van der Waals surface area contributed by atoms with E-state index in [0.717, 1.165) is 74.0 Å². The average Bonchev–Trinajstić information content (AvgIpc) is 2.62. The normalized spacial score (nSPS) is 19.0. The molecule has 1 aromatic carbocycles. The molecule has 2 saturated heterocycles. The van der Waals surface area contributed by atoms with Crippen molar-refractivity contribution in [2.24, 2.45) is 5.92 Å². The van der Waals surface area contributed by atoms with Crippen molar-refractivity contribution in [1.82, 2.24) is 20.4 Å². The minimum Gasteiger partial charge on any atom is -0.380 e. The van der Waals surface area contributed by atoms with Crippen LogP contribution in [0.15, 0.2) is 12.1 Å². The first-order valence-electron chi connectivity index (χ1n) is 9.84. The van der Waals surface area contributed by atoms with Gasteiger partial charge in [-0.1, -0.05) is 12.6 Å². The molecular weight excluding hydrogens is 340 g/mol. The van der Waals surface area contributed by atoms with Gasteiger partial charge in [0.15, 0.2) is 0 Å². The van der Waals surface area contributed by atoms with Crippen LogP contribution >= 0.6 is 0 Å². The third kappa shape index (κ3) is 5.31. The van der Waals surface area contributed by atoms with Crippen molar-refractivity contribution >= 4 is 18.7 Å². The first-order chi connectivity index (χ1) is 13.0. The summed E-state index contributed by atoms with van der Waals surface area (Å²) in [6.07, 6.45) is 2.13. The summed E-state index contributed by atoms with van der Waals surface area (Å²) in [7, 11) is 2.09. The Morgan fingerprint density at radius 1 is 1.41 bits per heavy atom. The fourth-order valence-corrected chi connectivity index (χ4v) is 3.62. The van der Waals surface area contributed by atoms with Crippen molar-refractivity contribution in [3.05, 3.63) is 33.7 Å². The van der Waals surface area contributed by atoms with Gasteiger partial charge >= 0.3 is 0 Å². The lowest BCUT2D eigenvalue weighted by Gasteiger charge is -2.30. The minimum absolute atomic E-state index is 0.0127. The zero-order valence-electron chi connectivity index (χ0n) is 16.6. The second-order valence-corrected chi connectivity index (χ2v) is 7.61. The maximum atomic E-state index is 12.7. The molecule has 0 unspecified atom stereocenters. The van der Waals surface area contributed by atoms with Gasteiger partial charge in [-0.2, -0.15) is 0 Å². The summed E-state index contributed by atoms with van der Waals surface area (Å²) in [5, 5.41) is 8.37. The van der Waals surface area contributed by atoms with Crippen LogP contribution in [0.1, 0.15) is 15.9 Å². The fraction of sp³-hybridized carbons (Fsp3) is 0.571. The van der Waals surface area contributed by atoms with Gasteiger partial charge in [-0.05, 0) is 23.8 Å². The van der Waals surface area contributed by atoms with Crippen molar-refractivity contribution < 1.29 is 9.53 Å². The van der Waals surface area contributed by atoms with E-state index >= 15 is 0 Å². The average molecular weight is 373 g/mol. The number of amides is 1. The topological polar surface area (TPSA) is 56.8 Å². The van der Waals surface area contributed by atoms with Crippen molar-refractivity contribution in [2.45, 2.75) is 6.92 Å². The third-order valence-electron chi connectivity index (χ3n) is 5.43. The minimum atomic E-state index is -0.0127. The Labute approximate surface area is 161 Å². The molecule has 2 fully saturated rings. The van der Waals surface area contributed by atoms with Crippen molar-refractivity contribution in [1.29, 1.82) is 0 Å². The number of morpholine rings is 1. The highest BCUT2D eigenvalue weighted by molar-refractivity contribution is 5.95. The summed E-state index contributed by atoms with van der Waals surface area (Å²) in [6.45, 7) is 14.3. The molecule has 0 spiro atoms. The molecular formula is C21H32N4O2. The van der Waals surface area contributed by atoms with Crippen LogP contribution < -0.4 is 21.1 Å². The van der Waals surface area contributed by atoms with E-state index in [0.29, 0.717) is 12.5 Å². The zero-order chi connectivity index (χ0) is 19.2. The summed E-state index contributed by atoms with van der Waals surface area (Å²) >= 11 is 0. The van der Waals surface area contributed by atoms with Crippen LogP contribution in [0.2, 0.25) is 0 Å². The molecule has 6 heteroatoms. The molecule has 0 atom stereocenters. The zero-order valence-corrected chi connectivity index (χ0v) is 16.6. The quantitative estimate of drug-likeness (QED) is 0.667. The molecule has 0 aromatic heterocycles. The Bertz CT molecular complexity index is 754. The smallest absolute Gasteiger partial charge is 0.251 e. The number of nitrogens with zero attached hydrogens (tertiary/aromatic N) is 2.